The molecule has 0 aliphatic carbocycles. The van der Waals surface area contributed by atoms with E-state index in [2.05, 4.69) is 41.8 Å². The van der Waals surface area contributed by atoms with Crippen LogP contribution in [0, 0.1) is 19.8 Å². The molecular weight excluding hydrogens is 308 g/mol. The number of thiazole rings is 1. The van der Waals surface area contributed by atoms with E-state index in [9.17, 15) is 0 Å². The Labute approximate surface area is 139 Å². The van der Waals surface area contributed by atoms with Crippen molar-refractivity contribution < 1.29 is 0 Å². The van der Waals surface area contributed by atoms with Gasteiger partial charge in [0, 0.05) is 37.4 Å². The summed E-state index contributed by atoms with van der Waals surface area (Å²) in [5.74, 6) is 2.54. The summed E-state index contributed by atoms with van der Waals surface area (Å²) in [6.45, 7) is 8.20. The van der Waals surface area contributed by atoms with E-state index in [1.807, 2.05) is 13.8 Å². The van der Waals surface area contributed by atoms with Gasteiger partial charge in [-0.25, -0.2) is 14.6 Å². The average Bonchev–Trinajstić information content (AvgIpc) is 3.15. The van der Waals surface area contributed by atoms with E-state index in [1.165, 1.54) is 18.5 Å². The monoisotopic (exact) mass is 330 g/mol. The summed E-state index contributed by atoms with van der Waals surface area (Å²) in [6, 6.07) is 0. The van der Waals surface area contributed by atoms with E-state index in [-0.39, 0.29) is 0 Å². The number of rotatable bonds is 4. The zero-order chi connectivity index (χ0) is 15.8. The van der Waals surface area contributed by atoms with Crippen LogP contribution in [0.2, 0.25) is 0 Å². The first-order valence-electron chi connectivity index (χ1n) is 8.19. The van der Waals surface area contributed by atoms with Gasteiger partial charge in [-0.05, 0) is 39.2 Å². The molecule has 0 spiro atoms. The first-order valence-corrected chi connectivity index (χ1v) is 9.07. The fraction of sp³-hybridized carbons (Fsp3) is 0.562. The van der Waals surface area contributed by atoms with Gasteiger partial charge in [0.15, 0.2) is 4.96 Å². The Kier molecular flexibility index (Phi) is 3.90. The minimum Gasteiger partial charge on any atom is -0.297 e. The highest BCUT2D eigenvalue weighted by Crippen LogP contribution is 2.21. The Bertz CT molecular complexity index is 772. The lowest BCUT2D eigenvalue weighted by Gasteiger charge is -2.32. The quantitative estimate of drug-likeness (QED) is 0.737. The zero-order valence-electron chi connectivity index (χ0n) is 13.6. The van der Waals surface area contributed by atoms with Crippen LogP contribution < -0.4 is 0 Å². The third-order valence-electron chi connectivity index (χ3n) is 4.53. The Morgan fingerprint density at radius 2 is 2.22 bits per heavy atom. The molecule has 7 heteroatoms. The molecule has 0 bridgehead atoms. The van der Waals surface area contributed by atoms with Crippen molar-refractivity contribution in [3.63, 3.8) is 0 Å². The highest BCUT2D eigenvalue weighted by molar-refractivity contribution is 7.15. The van der Waals surface area contributed by atoms with Crippen molar-refractivity contribution in [2.24, 2.45) is 5.92 Å². The molecule has 1 aliphatic rings. The molecule has 23 heavy (non-hydrogen) atoms. The largest absolute Gasteiger partial charge is 0.297 e. The number of aryl methyl sites for hydroxylation is 2. The van der Waals surface area contributed by atoms with Crippen LogP contribution in [0.4, 0.5) is 0 Å². The summed E-state index contributed by atoms with van der Waals surface area (Å²) >= 11 is 1.69. The van der Waals surface area contributed by atoms with Gasteiger partial charge in [0.05, 0.1) is 5.69 Å². The molecule has 3 aromatic rings. The molecule has 0 amide bonds. The van der Waals surface area contributed by atoms with Crippen molar-refractivity contribution in [1.82, 2.24) is 29.0 Å². The molecule has 3 aromatic heterocycles. The molecule has 0 saturated carbocycles. The molecule has 4 rings (SSSR count). The second kappa shape index (κ2) is 6.05. The van der Waals surface area contributed by atoms with Gasteiger partial charge >= 0.3 is 0 Å². The van der Waals surface area contributed by atoms with Crippen molar-refractivity contribution in [2.45, 2.75) is 39.8 Å². The van der Waals surface area contributed by atoms with Crippen LogP contribution in [-0.4, -0.2) is 42.1 Å². The Hall–Kier alpha value is -1.73. The number of likely N-dealkylation sites (tertiary alicyclic amines) is 1. The van der Waals surface area contributed by atoms with Crippen LogP contribution in [-0.2, 0) is 13.1 Å². The lowest BCUT2D eigenvalue weighted by atomic mass is 9.98. The molecule has 4 heterocycles. The Balaban J connectivity index is 1.40. The van der Waals surface area contributed by atoms with Crippen LogP contribution in [0.25, 0.3) is 4.96 Å². The third-order valence-corrected chi connectivity index (χ3v) is 5.30. The molecule has 1 atom stereocenters. The first kappa shape index (κ1) is 14.8. The van der Waals surface area contributed by atoms with E-state index >= 15 is 0 Å². The molecule has 0 radical (unpaired) electrons. The number of aromatic nitrogens is 5. The number of hydrogen-bond acceptors (Lipinski definition) is 5. The van der Waals surface area contributed by atoms with E-state index in [1.54, 1.807) is 11.3 Å². The fourth-order valence-electron chi connectivity index (χ4n) is 3.50. The van der Waals surface area contributed by atoms with Crippen LogP contribution >= 0.6 is 11.3 Å². The van der Waals surface area contributed by atoms with Crippen molar-refractivity contribution in [3.8, 4) is 0 Å². The maximum absolute atomic E-state index is 4.71. The van der Waals surface area contributed by atoms with Crippen molar-refractivity contribution in [1.29, 1.82) is 0 Å². The molecular formula is C16H22N6S. The van der Waals surface area contributed by atoms with E-state index in [0.29, 0.717) is 5.92 Å². The molecule has 1 saturated heterocycles. The number of fused-ring (bicyclic) bond motifs is 1. The molecule has 6 nitrogen and oxygen atoms in total. The average molecular weight is 330 g/mol. The number of piperidine rings is 1. The van der Waals surface area contributed by atoms with Crippen LogP contribution in [0.1, 0.15) is 30.2 Å². The smallest absolute Gasteiger partial charge is 0.193 e. The molecule has 1 aliphatic heterocycles. The number of hydrogen-bond donors (Lipinski definition) is 0. The van der Waals surface area contributed by atoms with Crippen molar-refractivity contribution in [3.05, 3.63) is 35.1 Å². The van der Waals surface area contributed by atoms with Gasteiger partial charge in [-0.2, -0.15) is 5.10 Å². The van der Waals surface area contributed by atoms with Gasteiger partial charge in [-0.3, -0.25) is 9.30 Å². The van der Waals surface area contributed by atoms with Crippen molar-refractivity contribution >= 4 is 16.3 Å². The minimum absolute atomic E-state index is 0.646. The van der Waals surface area contributed by atoms with Gasteiger partial charge in [-0.15, -0.1) is 11.3 Å². The molecule has 0 aromatic carbocycles. The van der Waals surface area contributed by atoms with Gasteiger partial charge in [0.25, 0.3) is 0 Å². The van der Waals surface area contributed by atoms with Gasteiger partial charge in [-0.1, -0.05) is 0 Å². The Morgan fingerprint density at radius 3 is 3.00 bits per heavy atom. The van der Waals surface area contributed by atoms with E-state index in [0.717, 1.165) is 42.8 Å². The number of imidazole rings is 1. The molecule has 1 fully saturated rings. The topological polar surface area (TPSA) is 51.2 Å². The highest BCUT2D eigenvalue weighted by Gasteiger charge is 2.22. The zero-order valence-corrected chi connectivity index (χ0v) is 14.5. The van der Waals surface area contributed by atoms with Gasteiger partial charge in [0.2, 0.25) is 0 Å². The normalized spacial score (nSPS) is 19.7. The predicted molar refractivity (Wildman–Crippen MR) is 90.6 cm³/mol. The summed E-state index contributed by atoms with van der Waals surface area (Å²) in [6.07, 6.45) is 6.75. The lowest BCUT2D eigenvalue weighted by molar-refractivity contribution is 0.151. The molecule has 1 unspecified atom stereocenters. The fourth-order valence-corrected chi connectivity index (χ4v) is 4.22. The third kappa shape index (κ3) is 3.16. The van der Waals surface area contributed by atoms with Crippen molar-refractivity contribution in [2.75, 3.05) is 13.1 Å². The summed E-state index contributed by atoms with van der Waals surface area (Å²) in [5, 5.41) is 6.58. The minimum atomic E-state index is 0.646. The lowest BCUT2D eigenvalue weighted by Crippen LogP contribution is -2.37. The van der Waals surface area contributed by atoms with Gasteiger partial charge in [0.1, 0.15) is 11.6 Å². The van der Waals surface area contributed by atoms with Crippen LogP contribution in [0.15, 0.2) is 17.8 Å². The number of nitrogens with zero attached hydrogens (tertiary/aromatic N) is 6. The summed E-state index contributed by atoms with van der Waals surface area (Å²) in [4.78, 5) is 12.7. The van der Waals surface area contributed by atoms with Gasteiger partial charge < -0.3 is 0 Å². The Morgan fingerprint density at radius 1 is 1.30 bits per heavy atom. The molecule has 0 N–H and O–H groups in total. The summed E-state index contributed by atoms with van der Waals surface area (Å²) in [7, 11) is 0. The van der Waals surface area contributed by atoms with E-state index < -0.39 is 0 Å². The standard InChI is InChI=1S/C16H22N6S/c1-12-17-13(2)22(19-12)9-14-4-3-5-20(8-14)10-15-11-21-6-7-23-16(21)18-15/h6-7,11,14H,3-5,8-10H2,1-2H3. The first-order chi connectivity index (χ1) is 11.2. The summed E-state index contributed by atoms with van der Waals surface area (Å²) < 4.78 is 4.18. The summed E-state index contributed by atoms with van der Waals surface area (Å²) in [5.41, 5.74) is 1.17. The predicted octanol–water partition coefficient (Wildman–Crippen LogP) is 2.52. The second-order valence-corrected chi connectivity index (χ2v) is 7.33. The highest BCUT2D eigenvalue weighted by atomic mass is 32.1. The second-order valence-electron chi connectivity index (χ2n) is 6.46. The maximum Gasteiger partial charge on any atom is 0.193 e. The molecule has 122 valence electrons. The maximum atomic E-state index is 4.71. The SMILES string of the molecule is Cc1nc(C)n(CC2CCCN(Cc3cn4ccsc4n3)C2)n1. The van der Waals surface area contributed by atoms with E-state index in [4.69, 9.17) is 4.98 Å². The van der Waals surface area contributed by atoms with Crippen LogP contribution in [0.3, 0.4) is 0 Å². The van der Waals surface area contributed by atoms with Crippen LogP contribution in [0.5, 0.6) is 0 Å².